The standard InChI is InChI=1S/C11H14N2OS.C7H8O3S/c1-4-13-9-8(14-3)6-5-7(2)10(9)15-11(13)12;1-6-2-4-7(5-3-6)11(8,9)10/h5-6,12H,4H2,1-3H3;2-5H,1H3,(H,8,9,10). The average Bonchev–Trinajstić information content (AvgIpc) is 2.93. The largest absolute Gasteiger partial charge is 0.495 e. The van der Waals surface area contributed by atoms with Gasteiger partial charge in [-0.05, 0) is 44.5 Å². The van der Waals surface area contributed by atoms with E-state index in [1.165, 1.54) is 29.0 Å². The molecule has 0 saturated heterocycles. The van der Waals surface area contributed by atoms with Gasteiger partial charge in [0.25, 0.3) is 10.1 Å². The van der Waals surface area contributed by atoms with Crippen molar-refractivity contribution in [2.75, 3.05) is 7.11 Å². The number of nitrogens with one attached hydrogen (secondary N) is 1. The van der Waals surface area contributed by atoms with Gasteiger partial charge in [0.1, 0.15) is 11.3 Å². The molecule has 0 fully saturated rings. The summed E-state index contributed by atoms with van der Waals surface area (Å²) in [6, 6.07) is 9.99. The van der Waals surface area contributed by atoms with Crippen molar-refractivity contribution in [1.82, 2.24) is 4.57 Å². The van der Waals surface area contributed by atoms with Crippen LogP contribution in [0.3, 0.4) is 0 Å². The lowest BCUT2D eigenvalue weighted by molar-refractivity contribution is 0.417. The zero-order valence-corrected chi connectivity index (χ0v) is 16.7. The summed E-state index contributed by atoms with van der Waals surface area (Å²) >= 11 is 1.51. The third-order valence-electron chi connectivity index (χ3n) is 3.86. The highest BCUT2D eigenvalue weighted by Crippen LogP contribution is 2.29. The summed E-state index contributed by atoms with van der Waals surface area (Å²) in [5.41, 5.74) is 3.21. The number of rotatable bonds is 3. The molecule has 2 aromatic carbocycles. The van der Waals surface area contributed by atoms with E-state index in [0.29, 0.717) is 4.80 Å². The van der Waals surface area contributed by atoms with Crippen LogP contribution in [0, 0.1) is 19.3 Å². The van der Waals surface area contributed by atoms with Gasteiger partial charge in [-0.3, -0.25) is 9.96 Å². The SMILES string of the molecule is CCn1c(=N)sc2c(C)ccc(OC)c21.Cc1ccc(S(=O)(=O)O)cc1. The Labute approximate surface area is 156 Å². The Balaban J connectivity index is 0.000000197. The summed E-state index contributed by atoms with van der Waals surface area (Å²) < 4.78 is 38.0. The van der Waals surface area contributed by atoms with Crippen LogP contribution < -0.4 is 9.54 Å². The van der Waals surface area contributed by atoms with Crippen molar-refractivity contribution in [3.05, 3.63) is 52.3 Å². The molecule has 0 aliphatic carbocycles. The second kappa shape index (κ2) is 8.03. The smallest absolute Gasteiger partial charge is 0.294 e. The fourth-order valence-corrected chi connectivity index (χ4v) is 4.01. The van der Waals surface area contributed by atoms with Crippen LogP contribution in [0.15, 0.2) is 41.3 Å². The zero-order chi connectivity index (χ0) is 19.5. The topological polar surface area (TPSA) is 92.4 Å². The van der Waals surface area contributed by atoms with Gasteiger partial charge in [-0.1, -0.05) is 35.1 Å². The van der Waals surface area contributed by atoms with E-state index in [2.05, 4.69) is 6.92 Å². The molecule has 6 nitrogen and oxygen atoms in total. The molecule has 0 saturated carbocycles. The van der Waals surface area contributed by atoms with Crippen LogP contribution in [-0.4, -0.2) is 24.6 Å². The van der Waals surface area contributed by atoms with Gasteiger partial charge in [0, 0.05) is 6.54 Å². The first-order valence-corrected chi connectivity index (χ1v) is 10.2. The number of ether oxygens (including phenoxy) is 1. The minimum Gasteiger partial charge on any atom is -0.495 e. The lowest BCUT2D eigenvalue weighted by atomic mass is 10.2. The molecule has 0 amide bonds. The minimum absolute atomic E-state index is 0.0666. The van der Waals surface area contributed by atoms with Crippen molar-refractivity contribution in [3.63, 3.8) is 0 Å². The maximum Gasteiger partial charge on any atom is 0.294 e. The zero-order valence-electron chi connectivity index (χ0n) is 15.1. The summed E-state index contributed by atoms with van der Waals surface area (Å²) in [5.74, 6) is 0.854. The van der Waals surface area contributed by atoms with Crippen LogP contribution in [-0.2, 0) is 16.7 Å². The molecule has 0 bridgehead atoms. The number of hydrogen-bond acceptors (Lipinski definition) is 5. The second-order valence-corrected chi connectivity index (χ2v) is 8.12. The molecular weight excluding hydrogens is 372 g/mol. The van der Waals surface area contributed by atoms with E-state index in [1.54, 1.807) is 19.2 Å². The summed E-state index contributed by atoms with van der Waals surface area (Å²) in [6.07, 6.45) is 0. The number of aromatic nitrogens is 1. The van der Waals surface area contributed by atoms with Gasteiger partial charge in [-0.2, -0.15) is 8.42 Å². The van der Waals surface area contributed by atoms with E-state index in [4.69, 9.17) is 14.7 Å². The first-order valence-electron chi connectivity index (χ1n) is 7.94. The molecule has 140 valence electrons. The van der Waals surface area contributed by atoms with Crippen LogP contribution in [0.1, 0.15) is 18.1 Å². The van der Waals surface area contributed by atoms with Gasteiger partial charge in [0.15, 0.2) is 4.80 Å². The van der Waals surface area contributed by atoms with Crippen LogP contribution >= 0.6 is 11.3 Å². The quantitative estimate of drug-likeness (QED) is 0.662. The summed E-state index contributed by atoms with van der Waals surface area (Å²) in [6.45, 7) is 6.76. The molecule has 0 spiro atoms. The highest BCUT2D eigenvalue weighted by atomic mass is 32.2. The molecule has 0 radical (unpaired) electrons. The number of benzene rings is 2. The van der Waals surface area contributed by atoms with Gasteiger partial charge in [0.2, 0.25) is 0 Å². The minimum atomic E-state index is -4.02. The summed E-state index contributed by atoms with van der Waals surface area (Å²) in [4.78, 5) is 0.517. The van der Waals surface area contributed by atoms with Gasteiger partial charge in [-0.15, -0.1) is 0 Å². The molecule has 1 aromatic heterocycles. The molecule has 0 aliphatic rings. The number of aryl methyl sites for hydroxylation is 3. The summed E-state index contributed by atoms with van der Waals surface area (Å²) in [5, 5.41) is 7.89. The Bertz CT molecular complexity index is 1070. The van der Waals surface area contributed by atoms with Gasteiger partial charge in [0.05, 0.1) is 16.7 Å². The Hall–Kier alpha value is -2.16. The molecule has 0 atom stereocenters. The highest BCUT2D eigenvalue weighted by molar-refractivity contribution is 7.85. The maximum absolute atomic E-state index is 10.5. The third kappa shape index (κ3) is 4.32. The van der Waals surface area contributed by atoms with E-state index < -0.39 is 10.1 Å². The molecule has 26 heavy (non-hydrogen) atoms. The molecule has 0 aliphatic heterocycles. The lowest BCUT2D eigenvalue weighted by Crippen LogP contribution is -2.11. The van der Waals surface area contributed by atoms with E-state index in [0.717, 1.165) is 28.1 Å². The third-order valence-corrected chi connectivity index (χ3v) is 5.86. The molecule has 8 heteroatoms. The van der Waals surface area contributed by atoms with Crippen molar-refractivity contribution in [1.29, 1.82) is 5.41 Å². The first-order chi connectivity index (χ1) is 12.2. The number of methoxy groups -OCH3 is 1. The molecule has 3 aromatic rings. The van der Waals surface area contributed by atoms with Gasteiger partial charge in [-0.25, -0.2) is 0 Å². The number of thiazole rings is 1. The second-order valence-electron chi connectivity index (χ2n) is 5.70. The van der Waals surface area contributed by atoms with Crippen LogP contribution in [0.2, 0.25) is 0 Å². The summed E-state index contributed by atoms with van der Waals surface area (Å²) in [7, 11) is -2.35. The van der Waals surface area contributed by atoms with E-state index in [9.17, 15) is 8.42 Å². The molecule has 3 rings (SSSR count). The molecule has 1 heterocycles. The maximum atomic E-state index is 10.5. The number of nitrogens with zero attached hydrogens (tertiary/aromatic N) is 1. The van der Waals surface area contributed by atoms with E-state index >= 15 is 0 Å². The molecule has 2 N–H and O–H groups in total. The first kappa shape index (κ1) is 20.2. The lowest BCUT2D eigenvalue weighted by Gasteiger charge is -2.06. The average molecular weight is 395 g/mol. The fourth-order valence-electron chi connectivity index (χ4n) is 2.47. The van der Waals surface area contributed by atoms with Crippen molar-refractivity contribution in [2.45, 2.75) is 32.2 Å². The number of fused-ring (bicyclic) bond motifs is 1. The van der Waals surface area contributed by atoms with Crippen LogP contribution in [0.25, 0.3) is 10.2 Å². The Morgan fingerprint density at radius 3 is 2.27 bits per heavy atom. The normalized spacial score (nSPS) is 11.1. The van der Waals surface area contributed by atoms with Crippen molar-refractivity contribution < 1.29 is 17.7 Å². The fraction of sp³-hybridized carbons (Fsp3) is 0.278. The van der Waals surface area contributed by atoms with Crippen molar-refractivity contribution >= 4 is 31.7 Å². The van der Waals surface area contributed by atoms with Gasteiger partial charge >= 0.3 is 0 Å². The van der Waals surface area contributed by atoms with Gasteiger partial charge < -0.3 is 9.30 Å². The predicted octanol–water partition coefficient (Wildman–Crippen LogP) is 3.76. The Morgan fingerprint density at radius 2 is 1.77 bits per heavy atom. The van der Waals surface area contributed by atoms with Crippen molar-refractivity contribution in [3.8, 4) is 5.75 Å². The van der Waals surface area contributed by atoms with Crippen molar-refractivity contribution in [2.24, 2.45) is 0 Å². The Kier molecular flexibility index (Phi) is 6.22. The van der Waals surface area contributed by atoms with E-state index in [1.807, 2.05) is 30.5 Å². The predicted molar refractivity (Wildman–Crippen MR) is 104 cm³/mol. The van der Waals surface area contributed by atoms with Crippen LogP contribution in [0.5, 0.6) is 5.75 Å². The monoisotopic (exact) mass is 394 g/mol. The van der Waals surface area contributed by atoms with Crippen LogP contribution in [0.4, 0.5) is 0 Å². The van der Waals surface area contributed by atoms with E-state index in [-0.39, 0.29) is 4.90 Å². The molecular formula is C18H22N2O4S2. The Morgan fingerprint density at radius 1 is 1.15 bits per heavy atom. The molecule has 0 unspecified atom stereocenters. The highest BCUT2D eigenvalue weighted by Gasteiger charge is 2.11. The number of hydrogen-bond donors (Lipinski definition) is 2.